The van der Waals surface area contributed by atoms with Crippen LogP contribution < -0.4 is 5.32 Å². The van der Waals surface area contributed by atoms with E-state index in [0.717, 1.165) is 32.1 Å². The van der Waals surface area contributed by atoms with Crippen molar-refractivity contribution in [3.63, 3.8) is 0 Å². The summed E-state index contributed by atoms with van der Waals surface area (Å²) in [6.45, 7) is 1.18. The van der Waals surface area contributed by atoms with Crippen LogP contribution in [0.2, 0.25) is 0 Å². The van der Waals surface area contributed by atoms with Crippen LogP contribution in [0.25, 0.3) is 0 Å². The topological polar surface area (TPSA) is 107 Å². The number of aliphatic carboxylic acids is 2. The number of carboxylic acid groups (broad SMARTS) is 2. The molecule has 7 heteroatoms. The normalized spacial score (nSPS) is 18.0. The van der Waals surface area contributed by atoms with Gasteiger partial charge < -0.3 is 20.4 Å². The number of likely N-dealkylation sites (tertiary alicyclic amines) is 1. The molecule has 0 radical (unpaired) electrons. The van der Waals surface area contributed by atoms with Gasteiger partial charge in [-0.15, -0.1) is 0 Å². The van der Waals surface area contributed by atoms with Crippen molar-refractivity contribution < 1.29 is 24.6 Å². The third kappa shape index (κ3) is 5.58. The van der Waals surface area contributed by atoms with Gasteiger partial charge in [0, 0.05) is 13.1 Å². The van der Waals surface area contributed by atoms with Crippen molar-refractivity contribution in [2.45, 2.75) is 44.6 Å². The first-order chi connectivity index (χ1) is 9.00. The zero-order chi connectivity index (χ0) is 14.3. The van der Waals surface area contributed by atoms with E-state index in [-0.39, 0.29) is 0 Å². The van der Waals surface area contributed by atoms with Crippen LogP contribution in [-0.4, -0.2) is 52.2 Å². The fourth-order valence-corrected chi connectivity index (χ4v) is 2.07. The molecule has 3 N–H and O–H groups in total. The average Bonchev–Trinajstić information content (AvgIpc) is 2.26. The maximum atomic E-state index is 11.9. The van der Waals surface area contributed by atoms with E-state index in [0.29, 0.717) is 13.1 Å². The summed E-state index contributed by atoms with van der Waals surface area (Å²) < 4.78 is 0. The summed E-state index contributed by atoms with van der Waals surface area (Å²) in [5.41, 5.74) is 0. The van der Waals surface area contributed by atoms with Crippen LogP contribution in [0.5, 0.6) is 0 Å². The molecule has 1 atom stereocenters. The van der Waals surface area contributed by atoms with E-state index >= 15 is 0 Å². The van der Waals surface area contributed by atoms with Gasteiger partial charge in [0.1, 0.15) is 6.04 Å². The van der Waals surface area contributed by atoms with Crippen LogP contribution >= 0.6 is 0 Å². The van der Waals surface area contributed by atoms with E-state index in [1.165, 1.54) is 0 Å². The molecule has 108 valence electrons. The van der Waals surface area contributed by atoms with Crippen LogP contribution in [0.1, 0.15) is 38.5 Å². The van der Waals surface area contributed by atoms with Gasteiger partial charge in [-0.05, 0) is 12.8 Å². The number of urea groups is 1. The van der Waals surface area contributed by atoms with Gasteiger partial charge in [0.25, 0.3) is 0 Å². The van der Waals surface area contributed by atoms with E-state index in [9.17, 15) is 14.4 Å². The fraction of sp³-hybridized carbons (Fsp3) is 0.750. The van der Waals surface area contributed by atoms with E-state index in [1.54, 1.807) is 4.90 Å². The molecule has 1 saturated heterocycles. The minimum absolute atomic E-state index is 0.490. The first-order valence-corrected chi connectivity index (χ1v) is 6.50. The summed E-state index contributed by atoms with van der Waals surface area (Å²) in [6.07, 6.45) is 4.44. The number of amides is 2. The van der Waals surface area contributed by atoms with Gasteiger partial charge in [0.05, 0.1) is 6.42 Å². The maximum absolute atomic E-state index is 11.9. The zero-order valence-electron chi connectivity index (χ0n) is 10.8. The second kappa shape index (κ2) is 7.60. The van der Waals surface area contributed by atoms with Gasteiger partial charge in [-0.2, -0.15) is 0 Å². The molecule has 1 fully saturated rings. The number of carbonyl (C=O) groups is 3. The summed E-state index contributed by atoms with van der Waals surface area (Å²) in [4.78, 5) is 34.9. The van der Waals surface area contributed by atoms with Gasteiger partial charge in [-0.1, -0.05) is 19.3 Å². The first-order valence-electron chi connectivity index (χ1n) is 6.50. The highest BCUT2D eigenvalue weighted by molar-refractivity contribution is 5.86. The van der Waals surface area contributed by atoms with Crippen LogP contribution in [-0.2, 0) is 9.59 Å². The Bertz CT molecular complexity index is 337. The molecule has 1 heterocycles. The predicted octanol–water partition coefficient (Wildman–Crippen LogP) is 0.890. The van der Waals surface area contributed by atoms with Crippen molar-refractivity contribution in [3.05, 3.63) is 0 Å². The number of nitrogens with zero attached hydrogens (tertiary/aromatic N) is 1. The number of hydrogen-bond donors (Lipinski definition) is 3. The van der Waals surface area contributed by atoms with Crippen molar-refractivity contribution in [2.75, 3.05) is 13.1 Å². The molecule has 0 saturated carbocycles. The van der Waals surface area contributed by atoms with Crippen LogP contribution in [0, 0.1) is 0 Å². The lowest BCUT2D eigenvalue weighted by molar-refractivity contribution is -0.145. The van der Waals surface area contributed by atoms with E-state index < -0.39 is 30.4 Å². The number of carbonyl (C=O) groups excluding carboxylic acids is 1. The maximum Gasteiger partial charge on any atom is 0.326 e. The number of rotatable bonds is 4. The second-order valence-corrected chi connectivity index (χ2v) is 4.69. The number of carboxylic acids is 2. The van der Waals surface area contributed by atoms with Gasteiger partial charge in [0.2, 0.25) is 0 Å². The quantitative estimate of drug-likeness (QED) is 0.704. The summed E-state index contributed by atoms with van der Waals surface area (Å²) in [6, 6.07) is -1.87. The average molecular weight is 272 g/mol. The monoisotopic (exact) mass is 272 g/mol. The Morgan fingerprint density at radius 3 is 2.00 bits per heavy atom. The summed E-state index contributed by atoms with van der Waals surface area (Å²) in [5.74, 6) is -2.58. The Kier molecular flexibility index (Phi) is 6.11. The molecule has 0 aromatic heterocycles. The first kappa shape index (κ1) is 15.3. The third-order valence-electron chi connectivity index (χ3n) is 3.12. The highest BCUT2D eigenvalue weighted by Gasteiger charge is 2.25. The van der Waals surface area contributed by atoms with Crippen LogP contribution in [0.3, 0.4) is 0 Å². The molecule has 0 aliphatic carbocycles. The van der Waals surface area contributed by atoms with Crippen molar-refractivity contribution in [1.29, 1.82) is 0 Å². The second-order valence-electron chi connectivity index (χ2n) is 4.69. The lowest BCUT2D eigenvalue weighted by atomic mass is 10.1. The third-order valence-corrected chi connectivity index (χ3v) is 3.12. The highest BCUT2D eigenvalue weighted by Crippen LogP contribution is 2.10. The Morgan fingerprint density at radius 1 is 1.00 bits per heavy atom. The van der Waals surface area contributed by atoms with Gasteiger partial charge in [-0.25, -0.2) is 9.59 Å². The minimum atomic E-state index is -1.38. The Labute approximate surface area is 111 Å². The zero-order valence-corrected chi connectivity index (χ0v) is 10.8. The minimum Gasteiger partial charge on any atom is -0.481 e. The van der Waals surface area contributed by atoms with E-state index in [2.05, 4.69) is 5.32 Å². The highest BCUT2D eigenvalue weighted by atomic mass is 16.4. The van der Waals surface area contributed by atoms with Crippen LogP contribution in [0.4, 0.5) is 4.79 Å². The Hall–Kier alpha value is -1.79. The van der Waals surface area contributed by atoms with Gasteiger partial charge in [-0.3, -0.25) is 4.79 Å². The molecule has 0 spiro atoms. The van der Waals surface area contributed by atoms with Gasteiger partial charge in [0.15, 0.2) is 0 Å². The van der Waals surface area contributed by atoms with Crippen molar-refractivity contribution in [1.82, 2.24) is 10.2 Å². The van der Waals surface area contributed by atoms with E-state index in [1.807, 2.05) is 0 Å². The standard InChI is InChI=1S/C12H20N2O5/c15-10(16)8-9(11(17)18)13-12(19)14-6-4-2-1-3-5-7-14/h9H,1-8H2,(H,13,19)(H,15,16)(H,17,18)/t9-/m1/s1. The van der Waals surface area contributed by atoms with E-state index in [4.69, 9.17) is 10.2 Å². The molecule has 0 aromatic carbocycles. The smallest absolute Gasteiger partial charge is 0.326 e. The van der Waals surface area contributed by atoms with Gasteiger partial charge >= 0.3 is 18.0 Å². The molecule has 0 unspecified atom stereocenters. The molecule has 0 aromatic rings. The predicted molar refractivity (Wildman–Crippen MR) is 66.9 cm³/mol. The molecular formula is C12H20N2O5. The van der Waals surface area contributed by atoms with Crippen molar-refractivity contribution in [2.24, 2.45) is 0 Å². The number of hydrogen-bond acceptors (Lipinski definition) is 3. The molecule has 1 aliphatic rings. The summed E-state index contributed by atoms with van der Waals surface area (Å²) >= 11 is 0. The molecule has 0 bridgehead atoms. The largest absolute Gasteiger partial charge is 0.481 e. The SMILES string of the molecule is O=C(O)C[C@@H](NC(=O)N1CCCCCCC1)C(=O)O. The lowest BCUT2D eigenvalue weighted by Crippen LogP contribution is -2.49. The molecule has 19 heavy (non-hydrogen) atoms. The molecule has 1 rings (SSSR count). The molecule has 2 amide bonds. The molecular weight excluding hydrogens is 252 g/mol. The lowest BCUT2D eigenvalue weighted by Gasteiger charge is -2.26. The number of nitrogens with one attached hydrogen (secondary N) is 1. The molecule has 1 aliphatic heterocycles. The van der Waals surface area contributed by atoms with Crippen LogP contribution in [0.15, 0.2) is 0 Å². The van der Waals surface area contributed by atoms with Crippen molar-refractivity contribution in [3.8, 4) is 0 Å². The molecule has 7 nitrogen and oxygen atoms in total. The van der Waals surface area contributed by atoms with Crippen molar-refractivity contribution >= 4 is 18.0 Å². The fourth-order valence-electron chi connectivity index (χ4n) is 2.07. The Balaban J connectivity index is 2.53. The Morgan fingerprint density at radius 2 is 1.53 bits per heavy atom. The summed E-state index contributed by atoms with van der Waals surface area (Å²) in [7, 11) is 0. The summed E-state index contributed by atoms with van der Waals surface area (Å²) in [5, 5.41) is 19.8.